The molecule has 9 nitrogen and oxygen atoms in total. The number of nitrogens with zero attached hydrogens (tertiary/aromatic N) is 3. The molecule has 5 unspecified atom stereocenters. The molecule has 4 bridgehead atoms. The van der Waals surface area contributed by atoms with E-state index in [0.29, 0.717) is 37.7 Å². The predicted octanol–water partition coefficient (Wildman–Crippen LogP) is 4.09. The van der Waals surface area contributed by atoms with Crippen molar-refractivity contribution in [3.05, 3.63) is 47.3 Å². The van der Waals surface area contributed by atoms with E-state index in [0.717, 1.165) is 37.9 Å². The van der Waals surface area contributed by atoms with Gasteiger partial charge in [-0.05, 0) is 74.5 Å². The zero-order valence-electron chi connectivity index (χ0n) is 24.8. The molecule has 3 heterocycles. The molecular weight excluding hydrogens is 524 g/mol. The predicted molar refractivity (Wildman–Crippen MR) is 159 cm³/mol. The molecule has 5 rings (SSSR count). The van der Waals surface area contributed by atoms with Gasteiger partial charge in [0.15, 0.2) is 0 Å². The summed E-state index contributed by atoms with van der Waals surface area (Å²) in [6.45, 7) is 10.2. The average molecular weight is 573 g/mol. The van der Waals surface area contributed by atoms with Gasteiger partial charge in [-0.3, -0.25) is 15.3 Å². The van der Waals surface area contributed by atoms with Gasteiger partial charge in [0.1, 0.15) is 12.5 Å². The smallest absolute Gasteiger partial charge is 0.216 e. The number of benzene rings is 1. The molecule has 40 heavy (non-hydrogen) atoms. The van der Waals surface area contributed by atoms with Gasteiger partial charge in [-0.15, -0.1) is 0 Å². The molecule has 0 radical (unpaired) electrons. The first-order valence-corrected chi connectivity index (χ1v) is 16.6. The molecule has 1 saturated carbocycles. The summed E-state index contributed by atoms with van der Waals surface area (Å²) in [5.41, 5.74) is 4.70. The monoisotopic (exact) mass is 572 g/mol. The fourth-order valence-corrected chi connectivity index (χ4v) is 8.54. The number of hydrogen-bond acceptors (Lipinski definition) is 7. The first-order chi connectivity index (χ1) is 19.1. The van der Waals surface area contributed by atoms with Crippen LogP contribution in [0.2, 0.25) is 0 Å². The molecule has 1 aromatic carbocycles. The van der Waals surface area contributed by atoms with Crippen molar-refractivity contribution in [1.82, 2.24) is 25.1 Å². The van der Waals surface area contributed by atoms with Crippen molar-refractivity contribution >= 4 is 15.7 Å². The van der Waals surface area contributed by atoms with Crippen molar-refractivity contribution in [1.29, 1.82) is 0 Å². The van der Waals surface area contributed by atoms with Gasteiger partial charge < -0.3 is 9.64 Å². The van der Waals surface area contributed by atoms with Gasteiger partial charge in [0.2, 0.25) is 10.0 Å². The molecule has 0 amide bonds. The van der Waals surface area contributed by atoms with Gasteiger partial charge >= 0.3 is 0 Å². The van der Waals surface area contributed by atoms with Gasteiger partial charge in [-0.2, -0.15) is 9.82 Å². The molecule has 3 aliphatic rings. The lowest BCUT2D eigenvalue weighted by Gasteiger charge is -2.40. The maximum atomic E-state index is 13.7. The third kappa shape index (κ3) is 6.90. The summed E-state index contributed by atoms with van der Waals surface area (Å²) in [5, 5.41) is 11.1. The van der Waals surface area contributed by atoms with Crippen molar-refractivity contribution in [3.63, 3.8) is 0 Å². The van der Waals surface area contributed by atoms with Crippen LogP contribution in [0.15, 0.2) is 30.6 Å². The first kappa shape index (κ1) is 29.5. The van der Waals surface area contributed by atoms with Crippen LogP contribution >= 0.6 is 0 Å². The van der Waals surface area contributed by atoms with Gasteiger partial charge in [-0.1, -0.05) is 38.5 Å². The van der Waals surface area contributed by atoms with E-state index >= 15 is 0 Å². The second kappa shape index (κ2) is 12.5. The van der Waals surface area contributed by atoms with Crippen LogP contribution in [0.3, 0.4) is 0 Å². The highest BCUT2D eigenvalue weighted by Gasteiger charge is 2.39. The lowest BCUT2D eigenvalue weighted by atomic mass is 9.87. The molecule has 3 N–H and O–H groups in total. The number of aromatic nitrogens is 2. The normalized spacial score (nSPS) is 31.3. The molecule has 1 aliphatic carbocycles. The average Bonchev–Trinajstić information content (AvgIpc) is 3.33. The number of fused-ring (bicyclic) bond motifs is 4. The third-order valence-electron chi connectivity index (χ3n) is 9.00. The van der Waals surface area contributed by atoms with Crippen LogP contribution in [0, 0.1) is 25.7 Å². The lowest BCUT2D eigenvalue weighted by molar-refractivity contribution is -0.0238. The van der Waals surface area contributed by atoms with Crippen LogP contribution in [0.4, 0.5) is 5.69 Å². The van der Waals surface area contributed by atoms with E-state index in [1.54, 1.807) is 0 Å². The maximum absolute atomic E-state index is 13.7. The molecule has 6 atom stereocenters. The number of aryl methyl sites for hydroxylation is 3. The van der Waals surface area contributed by atoms with Crippen molar-refractivity contribution in [3.8, 4) is 0 Å². The summed E-state index contributed by atoms with van der Waals surface area (Å²) in [7, 11) is -1.60. The Bertz CT molecular complexity index is 1230. The van der Waals surface area contributed by atoms with E-state index in [4.69, 9.17) is 4.74 Å². The van der Waals surface area contributed by atoms with Crippen LogP contribution in [0.25, 0.3) is 0 Å². The van der Waals surface area contributed by atoms with Gasteiger partial charge in [0.05, 0.1) is 29.8 Å². The zero-order valence-corrected chi connectivity index (χ0v) is 25.6. The van der Waals surface area contributed by atoms with Gasteiger partial charge in [0, 0.05) is 32.3 Å². The highest BCUT2D eigenvalue weighted by atomic mass is 32.2. The van der Waals surface area contributed by atoms with E-state index in [2.05, 4.69) is 77.4 Å². The van der Waals surface area contributed by atoms with Crippen LogP contribution in [0.5, 0.6) is 0 Å². The Kier molecular flexibility index (Phi) is 9.21. The highest BCUT2D eigenvalue weighted by Crippen LogP contribution is 2.34. The largest absolute Gasteiger partial charge is 0.363 e. The maximum Gasteiger partial charge on any atom is 0.216 e. The van der Waals surface area contributed by atoms with E-state index in [9.17, 15) is 8.42 Å². The Labute approximate surface area is 240 Å². The Morgan fingerprint density at radius 1 is 1.12 bits per heavy atom. The summed E-state index contributed by atoms with van der Waals surface area (Å²) in [6.07, 6.45) is 9.26. The summed E-state index contributed by atoms with van der Waals surface area (Å²) in [6, 6.07) is 6.46. The van der Waals surface area contributed by atoms with Crippen molar-refractivity contribution in [2.75, 3.05) is 18.1 Å². The van der Waals surface area contributed by atoms with Gasteiger partial charge in [-0.25, -0.2) is 8.42 Å². The minimum atomic E-state index is -3.55. The first-order valence-electron chi connectivity index (χ1n) is 15.0. The van der Waals surface area contributed by atoms with Crippen LogP contribution in [-0.4, -0.2) is 55.2 Å². The van der Waals surface area contributed by atoms with Gasteiger partial charge in [0.25, 0.3) is 0 Å². The third-order valence-corrected chi connectivity index (χ3v) is 10.9. The Morgan fingerprint density at radius 3 is 2.60 bits per heavy atom. The number of rotatable bonds is 5. The zero-order chi connectivity index (χ0) is 28.4. The summed E-state index contributed by atoms with van der Waals surface area (Å²) >= 11 is 0. The molecule has 0 spiro atoms. The summed E-state index contributed by atoms with van der Waals surface area (Å²) < 4.78 is 39.0. The lowest BCUT2D eigenvalue weighted by Crippen LogP contribution is -2.64. The molecule has 10 heteroatoms. The Morgan fingerprint density at radius 2 is 1.90 bits per heavy atom. The molecule has 2 aromatic rings. The topological polar surface area (TPSA) is 101 Å². The quantitative estimate of drug-likeness (QED) is 0.496. The molecule has 2 aliphatic heterocycles. The second-order valence-corrected chi connectivity index (χ2v) is 14.6. The SMILES string of the molecule is Cc1cccc(C)c1C1CC2NC(N1)NS(=O)(=O)C1CCCC(C1)CN(c1cnn(C)c1)[C@H](CCC(C)C)CO2. The number of nitrogens with one attached hydrogen (secondary N) is 3. The minimum Gasteiger partial charge on any atom is -0.363 e. The number of ether oxygens (including phenoxy) is 1. The van der Waals surface area contributed by atoms with E-state index in [1.165, 1.54) is 16.7 Å². The fraction of sp³-hybridized carbons (Fsp3) is 0.700. The summed E-state index contributed by atoms with van der Waals surface area (Å²) in [5.74, 6) is 0.879. The molecule has 1 aromatic heterocycles. The van der Waals surface area contributed by atoms with E-state index in [1.807, 2.05) is 17.9 Å². The van der Waals surface area contributed by atoms with Crippen molar-refractivity contribution < 1.29 is 13.2 Å². The van der Waals surface area contributed by atoms with Crippen LogP contribution < -0.4 is 20.3 Å². The number of sulfonamides is 1. The standard InChI is InChI=1S/C30H48N6O3S/c1-20(2)12-13-24-19-39-28-15-27(29-21(3)8-6-9-22(29)4)32-30(33-28)34-40(37,38)26-11-7-10-23(14-26)17-36(24)25-16-31-35(5)18-25/h6,8-9,16,18,20,23-24,26-28,30,32-34H,7,10-15,17,19H2,1-5H3/t23?,24-,26?,27?,28?,30?/m1/s1. The molecule has 2 saturated heterocycles. The molecule has 3 fully saturated rings. The Hall–Kier alpha value is -1.98. The fourth-order valence-electron chi connectivity index (χ4n) is 6.88. The highest BCUT2D eigenvalue weighted by molar-refractivity contribution is 7.90. The minimum absolute atomic E-state index is 0.0343. The van der Waals surface area contributed by atoms with Crippen LogP contribution in [-0.2, 0) is 21.8 Å². The second-order valence-electron chi connectivity index (χ2n) is 12.6. The van der Waals surface area contributed by atoms with Crippen molar-refractivity contribution in [2.45, 2.75) is 102 Å². The Balaban J connectivity index is 1.50. The number of hydrogen-bond donors (Lipinski definition) is 3. The van der Waals surface area contributed by atoms with E-state index < -0.39 is 21.6 Å². The van der Waals surface area contributed by atoms with E-state index in [-0.39, 0.29) is 18.3 Å². The summed E-state index contributed by atoms with van der Waals surface area (Å²) in [4.78, 5) is 2.46. The molecule has 222 valence electrons. The van der Waals surface area contributed by atoms with Crippen LogP contribution in [0.1, 0.15) is 81.5 Å². The number of anilines is 1. The molecular formula is C30H48N6O3S. The van der Waals surface area contributed by atoms with Crippen molar-refractivity contribution in [2.24, 2.45) is 18.9 Å².